The lowest BCUT2D eigenvalue weighted by Crippen LogP contribution is -2.50. The molecule has 1 fully saturated rings. The first-order valence-corrected chi connectivity index (χ1v) is 12.2. The topological polar surface area (TPSA) is 70.6 Å². The third-order valence-electron chi connectivity index (χ3n) is 5.04. The van der Waals surface area contributed by atoms with Crippen molar-refractivity contribution in [1.82, 2.24) is 14.2 Å². The molecule has 1 aliphatic heterocycles. The molecular weight excluding hydrogens is 461 g/mol. The number of nitrogens with zero attached hydrogens (tertiary/aromatic N) is 3. The standard InChI is InChI=1S/C21H19ClFN3O3S2/c1-14-19(30-20(24-14)15-5-7-17(23)8-6-15)21(27)25-9-11-26(12-10-25)31(28,29)18-4-2-3-16(22)13-18/h2-8,13H,9-12H2,1H3. The number of hydrogen-bond donors (Lipinski definition) is 0. The van der Waals surface area contributed by atoms with Crippen molar-refractivity contribution in [1.29, 1.82) is 0 Å². The van der Waals surface area contributed by atoms with Crippen molar-refractivity contribution in [2.75, 3.05) is 26.2 Å². The van der Waals surface area contributed by atoms with Gasteiger partial charge in [0.25, 0.3) is 5.91 Å². The third kappa shape index (κ3) is 4.50. The van der Waals surface area contributed by atoms with Crippen LogP contribution in [0.5, 0.6) is 0 Å². The number of sulfonamides is 1. The van der Waals surface area contributed by atoms with E-state index in [1.165, 1.54) is 39.9 Å². The number of hydrogen-bond acceptors (Lipinski definition) is 5. The van der Waals surface area contributed by atoms with Crippen molar-refractivity contribution >= 4 is 38.9 Å². The highest BCUT2D eigenvalue weighted by Crippen LogP contribution is 2.29. The largest absolute Gasteiger partial charge is 0.335 e. The fourth-order valence-electron chi connectivity index (χ4n) is 3.36. The summed E-state index contributed by atoms with van der Waals surface area (Å²) in [5.74, 6) is -0.512. The van der Waals surface area contributed by atoms with Crippen molar-refractivity contribution in [2.45, 2.75) is 11.8 Å². The van der Waals surface area contributed by atoms with E-state index < -0.39 is 10.0 Å². The van der Waals surface area contributed by atoms with Crippen molar-refractivity contribution in [3.8, 4) is 10.6 Å². The van der Waals surface area contributed by atoms with Crippen LogP contribution >= 0.6 is 22.9 Å². The zero-order valence-electron chi connectivity index (χ0n) is 16.6. The lowest BCUT2D eigenvalue weighted by Gasteiger charge is -2.33. The zero-order valence-corrected chi connectivity index (χ0v) is 19.0. The second kappa shape index (κ2) is 8.66. The normalized spacial score (nSPS) is 15.3. The molecule has 31 heavy (non-hydrogen) atoms. The minimum atomic E-state index is -3.67. The summed E-state index contributed by atoms with van der Waals surface area (Å²) in [6.45, 7) is 2.72. The van der Waals surface area contributed by atoms with Gasteiger partial charge in [-0.25, -0.2) is 17.8 Å². The SMILES string of the molecule is Cc1nc(-c2ccc(F)cc2)sc1C(=O)N1CCN(S(=O)(=O)c2cccc(Cl)c2)CC1. The first-order valence-electron chi connectivity index (χ1n) is 9.54. The molecule has 162 valence electrons. The number of aromatic nitrogens is 1. The van der Waals surface area contributed by atoms with Gasteiger partial charge in [-0.15, -0.1) is 11.3 Å². The molecule has 1 aromatic heterocycles. The summed E-state index contributed by atoms with van der Waals surface area (Å²) in [6, 6.07) is 12.1. The Labute approximate surface area is 189 Å². The van der Waals surface area contributed by atoms with Gasteiger partial charge >= 0.3 is 0 Å². The van der Waals surface area contributed by atoms with Crippen molar-refractivity contribution in [3.63, 3.8) is 0 Å². The number of rotatable bonds is 4. The third-order valence-corrected chi connectivity index (χ3v) is 8.37. The summed E-state index contributed by atoms with van der Waals surface area (Å²) in [5, 5.41) is 0.996. The average molecular weight is 480 g/mol. The first-order chi connectivity index (χ1) is 14.8. The molecule has 0 N–H and O–H groups in total. The predicted molar refractivity (Wildman–Crippen MR) is 118 cm³/mol. The number of aryl methyl sites for hydroxylation is 1. The molecule has 2 aromatic carbocycles. The maximum absolute atomic E-state index is 13.2. The van der Waals surface area contributed by atoms with Crippen LogP contribution in [0.15, 0.2) is 53.4 Å². The molecule has 10 heteroatoms. The molecule has 4 rings (SSSR count). The predicted octanol–water partition coefficient (Wildman–Crippen LogP) is 4.06. The van der Waals surface area contributed by atoms with Crippen LogP contribution in [-0.4, -0.2) is 54.7 Å². The van der Waals surface area contributed by atoms with Gasteiger partial charge in [0, 0.05) is 36.8 Å². The molecule has 2 heterocycles. The van der Waals surface area contributed by atoms with E-state index in [1.54, 1.807) is 36.1 Å². The first kappa shape index (κ1) is 21.9. The van der Waals surface area contributed by atoms with Gasteiger partial charge in [0.2, 0.25) is 10.0 Å². The fourth-order valence-corrected chi connectivity index (χ4v) is 6.13. The van der Waals surface area contributed by atoms with Gasteiger partial charge < -0.3 is 4.90 Å². The molecule has 0 atom stereocenters. The smallest absolute Gasteiger partial charge is 0.265 e. The van der Waals surface area contributed by atoms with E-state index in [2.05, 4.69) is 4.98 Å². The molecule has 0 saturated carbocycles. The summed E-state index contributed by atoms with van der Waals surface area (Å²) in [6.07, 6.45) is 0. The van der Waals surface area contributed by atoms with Crippen molar-refractivity contribution in [2.24, 2.45) is 0 Å². The number of carbonyl (C=O) groups is 1. The molecule has 1 aliphatic rings. The Kier molecular flexibility index (Phi) is 6.11. The highest BCUT2D eigenvalue weighted by atomic mass is 35.5. The van der Waals surface area contributed by atoms with E-state index in [0.29, 0.717) is 20.6 Å². The summed E-state index contributed by atoms with van der Waals surface area (Å²) in [5.41, 5.74) is 1.34. The minimum Gasteiger partial charge on any atom is -0.335 e. The van der Waals surface area contributed by atoms with Crippen LogP contribution in [0.2, 0.25) is 5.02 Å². The Morgan fingerprint density at radius 1 is 1.10 bits per heavy atom. The number of amides is 1. The lowest BCUT2D eigenvalue weighted by atomic mass is 10.2. The zero-order chi connectivity index (χ0) is 22.2. The Morgan fingerprint density at radius 3 is 2.42 bits per heavy atom. The molecule has 0 aliphatic carbocycles. The van der Waals surface area contributed by atoms with E-state index in [1.807, 2.05) is 0 Å². The Balaban J connectivity index is 1.47. The highest BCUT2D eigenvalue weighted by molar-refractivity contribution is 7.89. The molecule has 1 saturated heterocycles. The number of halogens is 2. The molecule has 3 aromatic rings. The van der Waals surface area contributed by atoms with E-state index in [0.717, 1.165) is 5.56 Å². The molecule has 0 unspecified atom stereocenters. The van der Waals surface area contributed by atoms with Crippen molar-refractivity contribution < 1.29 is 17.6 Å². The van der Waals surface area contributed by atoms with Gasteiger partial charge in [-0.2, -0.15) is 4.31 Å². The van der Waals surface area contributed by atoms with Gasteiger partial charge in [-0.3, -0.25) is 4.79 Å². The summed E-state index contributed by atoms with van der Waals surface area (Å²) >= 11 is 7.19. The molecule has 1 amide bonds. The second-order valence-corrected chi connectivity index (χ2v) is 10.5. The number of benzene rings is 2. The second-order valence-electron chi connectivity index (χ2n) is 7.09. The highest BCUT2D eigenvalue weighted by Gasteiger charge is 2.31. The summed E-state index contributed by atoms with van der Waals surface area (Å²) < 4.78 is 40.2. The minimum absolute atomic E-state index is 0.141. The molecule has 0 radical (unpaired) electrons. The van der Waals surface area contributed by atoms with Crippen LogP contribution in [-0.2, 0) is 10.0 Å². The van der Waals surface area contributed by atoms with Gasteiger partial charge in [0.1, 0.15) is 15.7 Å². The van der Waals surface area contributed by atoms with Crippen LogP contribution < -0.4 is 0 Å². The van der Waals surface area contributed by atoms with E-state index in [4.69, 9.17) is 11.6 Å². The monoisotopic (exact) mass is 479 g/mol. The van der Waals surface area contributed by atoms with E-state index >= 15 is 0 Å². The number of piperazine rings is 1. The van der Waals surface area contributed by atoms with Crippen LogP contribution in [0.25, 0.3) is 10.6 Å². The van der Waals surface area contributed by atoms with Crippen LogP contribution in [0.4, 0.5) is 4.39 Å². The maximum Gasteiger partial charge on any atom is 0.265 e. The Bertz CT molecular complexity index is 1220. The average Bonchev–Trinajstić information content (AvgIpc) is 3.15. The molecule has 0 bridgehead atoms. The van der Waals surface area contributed by atoms with Gasteiger partial charge in [0.15, 0.2) is 0 Å². The fraction of sp³-hybridized carbons (Fsp3) is 0.238. The number of thiazole rings is 1. The van der Waals surface area contributed by atoms with Gasteiger partial charge in [-0.05, 0) is 49.4 Å². The molecule has 0 spiro atoms. The Morgan fingerprint density at radius 2 is 1.77 bits per heavy atom. The van der Waals surface area contributed by atoms with Gasteiger partial charge in [-0.1, -0.05) is 17.7 Å². The van der Waals surface area contributed by atoms with E-state index in [9.17, 15) is 17.6 Å². The Hall–Kier alpha value is -2.33. The van der Waals surface area contributed by atoms with Crippen LogP contribution in [0.3, 0.4) is 0 Å². The summed E-state index contributed by atoms with van der Waals surface area (Å²) in [7, 11) is -3.67. The summed E-state index contributed by atoms with van der Waals surface area (Å²) in [4.78, 5) is 19.8. The van der Waals surface area contributed by atoms with Crippen LogP contribution in [0, 0.1) is 12.7 Å². The molecule has 6 nitrogen and oxygen atoms in total. The van der Waals surface area contributed by atoms with Crippen molar-refractivity contribution in [3.05, 3.63) is 69.9 Å². The lowest BCUT2D eigenvalue weighted by molar-refractivity contribution is 0.0702. The van der Waals surface area contributed by atoms with Gasteiger partial charge in [0.05, 0.1) is 10.6 Å². The van der Waals surface area contributed by atoms with E-state index in [-0.39, 0.29) is 42.8 Å². The maximum atomic E-state index is 13.2. The quantitative estimate of drug-likeness (QED) is 0.566. The molecular formula is C21H19ClFN3O3S2. The van der Waals surface area contributed by atoms with Crippen LogP contribution in [0.1, 0.15) is 15.4 Å². The number of carbonyl (C=O) groups excluding carboxylic acids is 1.